The van der Waals surface area contributed by atoms with E-state index in [0.717, 1.165) is 16.9 Å². The predicted molar refractivity (Wildman–Crippen MR) is 134 cm³/mol. The van der Waals surface area contributed by atoms with Crippen LogP contribution >= 0.6 is 35.1 Å². The molecular weight excluding hydrogens is 476 g/mol. The second-order valence-corrected chi connectivity index (χ2v) is 9.62. The first-order chi connectivity index (χ1) is 16.0. The SMILES string of the molecule is CSc1ccc(CN(C)C(=O)CSc2nnc(-c3ccc(Cl)cc3)n2Cc2ccco2)cc1. The van der Waals surface area contributed by atoms with Crippen LogP contribution in [-0.2, 0) is 17.9 Å². The molecule has 0 unspecified atom stereocenters. The van der Waals surface area contributed by atoms with E-state index in [9.17, 15) is 4.79 Å². The van der Waals surface area contributed by atoms with Crippen LogP contribution in [0.15, 0.2) is 81.4 Å². The van der Waals surface area contributed by atoms with Gasteiger partial charge in [0.1, 0.15) is 5.76 Å². The summed E-state index contributed by atoms with van der Waals surface area (Å²) >= 11 is 9.11. The average molecular weight is 499 g/mol. The van der Waals surface area contributed by atoms with Crippen LogP contribution in [-0.4, -0.2) is 44.6 Å². The van der Waals surface area contributed by atoms with E-state index in [2.05, 4.69) is 34.5 Å². The van der Waals surface area contributed by atoms with E-state index in [1.54, 1.807) is 22.9 Å². The number of hydrogen-bond donors (Lipinski definition) is 0. The summed E-state index contributed by atoms with van der Waals surface area (Å²) in [6.45, 7) is 1.02. The molecule has 0 bridgehead atoms. The smallest absolute Gasteiger partial charge is 0.233 e. The minimum atomic E-state index is 0.0227. The molecule has 4 rings (SSSR count). The number of furan rings is 1. The molecule has 6 nitrogen and oxygen atoms in total. The molecule has 0 spiro atoms. The summed E-state index contributed by atoms with van der Waals surface area (Å²) in [5.41, 5.74) is 1.99. The Morgan fingerprint density at radius 2 is 1.85 bits per heavy atom. The minimum Gasteiger partial charge on any atom is -0.467 e. The zero-order chi connectivity index (χ0) is 23.2. The first kappa shape index (κ1) is 23.5. The van der Waals surface area contributed by atoms with Gasteiger partial charge in [0.2, 0.25) is 5.91 Å². The number of hydrogen-bond acceptors (Lipinski definition) is 6. The maximum atomic E-state index is 12.8. The third kappa shape index (κ3) is 6.01. The van der Waals surface area contributed by atoms with E-state index in [1.807, 2.05) is 54.3 Å². The van der Waals surface area contributed by atoms with Gasteiger partial charge in [-0.3, -0.25) is 9.36 Å². The molecule has 4 aromatic rings. The Balaban J connectivity index is 1.47. The molecule has 0 aliphatic rings. The number of rotatable bonds is 9. The van der Waals surface area contributed by atoms with Gasteiger partial charge in [-0.25, -0.2) is 0 Å². The van der Waals surface area contributed by atoms with Gasteiger partial charge in [-0.2, -0.15) is 0 Å². The lowest BCUT2D eigenvalue weighted by atomic mass is 10.2. The van der Waals surface area contributed by atoms with Gasteiger partial charge in [0.25, 0.3) is 0 Å². The highest BCUT2D eigenvalue weighted by Crippen LogP contribution is 2.26. The van der Waals surface area contributed by atoms with Crippen molar-refractivity contribution in [2.24, 2.45) is 0 Å². The van der Waals surface area contributed by atoms with Gasteiger partial charge in [0.15, 0.2) is 11.0 Å². The molecule has 0 saturated heterocycles. The van der Waals surface area contributed by atoms with Gasteiger partial charge in [-0.05, 0) is 60.4 Å². The molecule has 9 heteroatoms. The molecule has 0 saturated carbocycles. The highest BCUT2D eigenvalue weighted by molar-refractivity contribution is 7.99. The van der Waals surface area contributed by atoms with E-state index < -0.39 is 0 Å². The molecule has 0 atom stereocenters. The summed E-state index contributed by atoms with van der Waals surface area (Å²) < 4.78 is 7.49. The topological polar surface area (TPSA) is 64.2 Å². The molecule has 2 heterocycles. The summed E-state index contributed by atoms with van der Waals surface area (Å²) in [4.78, 5) is 15.7. The Morgan fingerprint density at radius 1 is 1.09 bits per heavy atom. The normalized spacial score (nSPS) is 11.0. The molecule has 0 N–H and O–H groups in total. The fourth-order valence-electron chi connectivity index (χ4n) is 3.24. The van der Waals surface area contributed by atoms with Crippen molar-refractivity contribution in [2.45, 2.75) is 23.1 Å². The zero-order valence-electron chi connectivity index (χ0n) is 18.3. The average Bonchev–Trinajstić information content (AvgIpc) is 3.49. The summed E-state index contributed by atoms with van der Waals surface area (Å²) in [5.74, 6) is 1.76. The molecule has 0 radical (unpaired) electrons. The van der Waals surface area contributed by atoms with Crippen LogP contribution in [0.4, 0.5) is 0 Å². The van der Waals surface area contributed by atoms with Crippen LogP contribution in [0.2, 0.25) is 5.02 Å². The Bertz CT molecular complexity index is 1190. The second-order valence-electron chi connectivity index (χ2n) is 7.37. The Kier molecular flexibility index (Phi) is 7.80. The van der Waals surface area contributed by atoms with Crippen molar-refractivity contribution in [3.05, 3.63) is 83.3 Å². The number of carbonyl (C=O) groups is 1. The van der Waals surface area contributed by atoms with E-state index in [1.165, 1.54) is 16.7 Å². The summed E-state index contributed by atoms with van der Waals surface area (Å²) in [5, 5.41) is 10.1. The first-order valence-corrected chi connectivity index (χ1v) is 12.8. The van der Waals surface area contributed by atoms with Crippen molar-refractivity contribution in [3.8, 4) is 11.4 Å². The van der Waals surface area contributed by atoms with Crippen LogP contribution in [0.5, 0.6) is 0 Å². The van der Waals surface area contributed by atoms with E-state index >= 15 is 0 Å². The number of benzene rings is 2. The van der Waals surface area contributed by atoms with Crippen molar-refractivity contribution in [1.82, 2.24) is 19.7 Å². The van der Waals surface area contributed by atoms with Gasteiger partial charge in [0.05, 0.1) is 18.6 Å². The zero-order valence-corrected chi connectivity index (χ0v) is 20.7. The monoisotopic (exact) mass is 498 g/mol. The molecule has 0 fully saturated rings. The van der Waals surface area contributed by atoms with Crippen LogP contribution in [0.1, 0.15) is 11.3 Å². The Morgan fingerprint density at radius 3 is 2.52 bits per heavy atom. The van der Waals surface area contributed by atoms with E-state index in [0.29, 0.717) is 29.1 Å². The van der Waals surface area contributed by atoms with Crippen LogP contribution < -0.4 is 0 Å². The molecule has 0 aliphatic carbocycles. The maximum absolute atomic E-state index is 12.8. The van der Waals surface area contributed by atoms with Gasteiger partial charge >= 0.3 is 0 Å². The molecule has 2 aromatic heterocycles. The van der Waals surface area contributed by atoms with Crippen molar-refractivity contribution in [2.75, 3.05) is 19.1 Å². The summed E-state index contributed by atoms with van der Waals surface area (Å²) in [6.07, 6.45) is 3.68. The van der Waals surface area contributed by atoms with Crippen LogP contribution in [0.25, 0.3) is 11.4 Å². The Labute approximate surface area is 206 Å². The van der Waals surface area contributed by atoms with Crippen molar-refractivity contribution in [1.29, 1.82) is 0 Å². The predicted octanol–water partition coefficient (Wildman–Crippen LogP) is 5.71. The molecule has 0 aliphatic heterocycles. The summed E-state index contributed by atoms with van der Waals surface area (Å²) in [6, 6.07) is 19.5. The van der Waals surface area contributed by atoms with E-state index in [4.69, 9.17) is 16.0 Å². The van der Waals surface area contributed by atoms with E-state index in [-0.39, 0.29) is 11.7 Å². The minimum absolute atomic E-state index is 0.0227. The fourth-order valence-corrected chi connectivity index (χ4v) is 4.65. The van der Waals surface area contributed by atoms with Gasteiger partial charge in [-0.1, -0.05) is 35.5 Å². The lowest BCUT2D eigenvalue weighted by Crippen LogP contribution is -2.27. The number of amides is 1. The van der Waals surface area contributed by atoms with Crippen molar-refractivity contribution >= 4 is 41.0 Å². The van der Waals surface area contributed by atoms with Crippen LogP contribution in [0, 0.1) is 0 Å². The number of aromatic nitrogens is 3. The second kappa shape index (κ2) is 11.0. The number of halogens is 1. The molecule has 2 aromatic carbocycles. The summed E-state index contributed by atoms with van der Waals surface area (Å²) in [7, 11) is 1.82. The molecule has 33 heavy (non-hydrogen) atoms. The van der Waals surface area contributed by atoms with Gasteiger partial charge < -0.3 is 9.32 Å². The Hall–Kier alpha value is -2.68. The number of carbonyl (C=O) groups excluding carboxylic acids is 1. The lowest BCUT2D eigenvalue weighted by molar-refractivity contribution is -0.127. The van der Waals surface area contributed by atoms with Crippen molar-refractivity contribution < 1.29 is 9.21 Å². The number of nitrogens with zero attached hydrogens (tertiary/aromatic N) is 4. The molecule has 170 valence electrons. The van der Waals surface area contributed by atoms with Gasteiger partial charge in [-0.15, -0.1) is 22.0 Å². The van der Waals surface area contributed by atoms with Crippen LogP contribution in [0.3, 0.4) is 0 Å². The fraction of sp³-hybridized carbons (Fsp3) is 0.208. The first-order valence-electron chi connectivity index (χ1n) is 10.2. The molecular formula is C24H23ClN4O2S2. The third-order valence-corrected chi connectivity index (χ3v) is 6.99. The lowest BCUT2D eigenvalue weighted by Gasteiger charge is -2.17. The largest absolute Gasteiger partial charge is 0.467 e. The number of thioether (sulfide) groups is 2. The standard InChI is InChI=1S/C24H23ClN4O2S2/c1-28(14-17-5-11-21(32-2)12-6-17)22(30)16-33-24-27-26-23(18-7-9-19(25)10-8-18)29(24)15-20-4-3-13-31-20/h3-13H,14-16H2,1-2H3. The van der Waals surface area contributed by atoms with Gasteiger partial charge in [0, 0.05) is 29.1 Å². The maximum Gasteiger partial charge on any atom is 0.233 e. The molecule has 1 amide bonds. The van der Waals surface area contributed by atoms with Crippen molar-refractivity contribution in [3.63, 3.8) is 0 Å². The highest BCUT2D eigenvalue weighted by Gasteiger charge is 2.18. The highest BCUT2D eigenvalue weighted by atomic mass is 35.5. The quantitative estimate of drug-likeness (QED) is 0.275. The third-order valence-electron chi connectivity index (χ3n) is 5.04.